The van der Waals surface area contributed by atoms with Crippen LogP contribution in [0.5, 0.6) is 0 Å². The van der Waals surface area contributed by atoms with E-state index in [1.165, 1.54) is 12.8 Å². The Labute approximate surface area is 144 Å². The highest BCUT2D eigenvalue weighted by atomic mass is 16.5. The molecule has 1 aromatic carbocycles. The number of morpholine rings is 1. The van der Waals surface area contributed by atoms with E-state index in [1.54, 1.807) is 0 Å². The first kappa shape index (κ1) is 16.1. The molecule has 5 heteroatoms. The van der Waals surface area contributed by atoms with Gasteiger partial charge in [-0.1, -0.05) is 18.2 Å². The maximum absolute atomic E-state index is 12.9. The Balaban J connectivity index is 1.41. The minimum atomic E-state index is 0.0639. The van der Waals surface area contributed by atoms with E-state index in [4.69, 9.17) is 4.74 Å². The number of anilines is 1. The van der Waals surface area contributed by atoms with Gasteiger partial charge in [-0.3, -0.25) is 14.6 Å². The molecular formula is C19H27N3O2. The van der Waals surface area contributed by atoms with Gasteiger partial charge in [0.2, 0.25) is 5.91 Å². The predicted octanol–water partition coefficient (Wildman–Crippen LogP) is 1.59. The lowest BCUT2D eigenvalue weighted by Gasteiger charge is -2.42. The zero-order chi connectivity index (χ0) is 16.4. The molecule has 3 heterocycles. The molecule has 0 spiro atoms. The van der Waals surface area contributed by atoms with Crippen molar-refractivity contribution in [1.29, 1.82) is 0 Å². The van der Waals surface area contributed by atoms with Crippen LogP contribution in [0.1, 0.15) is 19.3 Å². The molecule has 130 valence electrons. The molecule has 0 bridgehead atoms. The summed E-state index contributed by atoms with van der Waals surface area (Å²) in [5.74, 6) is 0.281. The average molecular weight is 329 g/mol. The molecule has 24 heavy (non-hydrogen) atoms. The van der Waals surface area contributed by atoms with Crippen molar-refractivity contribution in [3.63, 3.8) is 0 Å². The number of likely N-dealkylation sites (tertiary alicyclic amines) is 1. The van der Waals surface area contributed by atoms with Gasteiger partial charge in [-0.25, -0.2) is 0 Å². The molecule has 3 aliphatic rings. The molecule has 2 atom stereocenters. The molecule has 0 radical (unpaired) electrons. The lowest BCUT2D eigenvalue weighted by molar-refractivity contribution is -0.122. The van der Waals surface area contributed by atoms with Crippen molar-refractivity contribution in [2.45, 2.75) is 31.3 Å². The van der Waals surface area contributed by atoms with Gasteiger partial charge in [0.15, 0.2) is 0 Å². The van der Waals surface area contributed by atoms with Gasteiger partial charge in [-0.15, -0.1) is 0 Å². The molecule has 5 nitrogen and oxygen atoms in total. The van der Waals surface area contributed by atoms with E-state index < -0.39 is 0 Å². The van der Waals surface area contributed by atoms with Crippen LogP contribution in [0.3, 0.4) is 0 Å². The highest BCUT2D eigenvalue weighted by Gasteiger charge is 2.39. The zero-order valence-electron chi connectivity index (χ0n) is 14.3. The average Bonchev–Trinajstić information content (AvgIpc) is 3.05. The fraction of sp³-hybridized carbons (Fsp3) is 0.632. The summed E-state index contributed by atoms with van der Waals surface area (Å²) in [6, 6.07) is 10.7. The number of benzene rings is 1. The summed E-state index contributed by atoms with van der Waals surface area (Å²) in [7, 11) is 0. The Morgan fingerprint density at radius 3 is 2.50 bits per heavy atom. The molecule has 4 rings (SSSR count). The van der Waals surface area contributed by atoms with Gasteiger partial charge in [0.05, 0.1) is 19.3 Å². The number of piperidine rings is 1. The van der Waals surface area contributed by atoms with Crippen molar-refractivity contribution in [2.75, 3.05) is 50.8 Å². The molecule has 1 aromatic rings. The first-order valence-electron chi connectivity index (χ1n) is 9.25. The van der Waals surface area contributed by atoms with Crippen LogP contribution in [-0.4, -0.2) is 73.7 Å². The van der Waals surface area contributed by atoms with E-state index in [2.05, 4.69) is 9.80 Å². The first-order chi connectivity index (χ1) is 11.8. The Morgan fingerprint density at radius 2 is 1.71 bits per heavy atom. The molecule has 0 aliphatic carbocycles. The highest BCUT2D eigenvalue weighted by molar-refractivity contribution is 5.99. The summed E-state index contributed by atoms with van der Waals surface area (Å²) in [6.07, 6.45) is 3.39. The SMILES string of the molecule is O=C1[C@@H](N2CCC[C@@H](N3CCOCC3)C2)CCN1c1ccccc1. The number of rotatable bonds is 3. The van der Waals surface area contributed by atoms with Crippen LogP contribution in [0.25, 0.3) is 0 Å². The van der Waals surface area contributed by atoms with E-state index in [1.807, 2.05) is 35.2 Å². The zero-order valence-corrected chi connectivity index (χ0v) is 14.3. The van der Waals surface area contributed by atoms with E-state index in [-0.39, 0.29) is 11.9 Å². The first-order valence-corrected chi connectivity index (χ1v) is 9.25. The number of carbonyl (C=O) groups is 1. The predicted molar refractivity (Wildman–Crippen MR) is 94.2 cm³/mol. The number of hydrogen-bond acceptors (Lipinski definition) is 4. The third kappa shape index (κ3) is 3.21. The summed E-state index contributed by atoms with van der Waals surface area (Å²) in [5, 5.41) is 0. The van der Waals surface area contributed by atoms with Crippen LogP contribution in [0.15, 0.2) is 30.3 Å². The minimum absolute atomic E-state index is 0.0639. The third-order valence-corrected chi connectivity index (χ3v) is 5.68. The molecular weight excluding hydrogens is 302 g/mol. The van der Waals surface area contributed by atoms with Crippen molar-refractivity contribution in [2.24, 2.45) is 0 Å². The quantitative estimate of drug-likeness (QED) is 0.844. The van der Waals surface area contributed by atoms with Gasteiger partial charge < -0.3 is 9.64 Å². The van der Waals surface area contributed by atoms with Crippen LogP contribution >= 0.6 is 0 Å². The maximum Gasteiger partial charge on any atom is 0.244 e. The molecule has 3 aliphatic heterocycles. The summed E-state index contributed by atoms with van der Waals surface area (Å²) >= 11 is 0. The number of hydrogen-bond donors (Lipinski definition) is 0. The van der Waals surface area contributed by atoms with Gasteiger partial charge in [0.1, 0.15) is 0 Å². The van der Waals surface area contributed by atoms with Gasteiger partial charge in [-0.05, 0) is 37.9 Å². The number of para-hydroxylation sites is 1. The van der Waals surface area contributed by atoms with Crippen LogP contribution < -0.4 is 4.90 Å². The Bertz CT molecular complexity index is 559. The number of nitrogens with zero attached hydrogens (tertiary/aromatic N) is 3. The fourth-order valence-corrected chi connectivity index (χ4v) is 4.37. The molecule has 0 N–H and O–H groups in total. The molecule has 0 unspecified atom stereocenters. The van der Waals surface area contributed by atoms with Gasteiger partial charge in [0, 0.05) is 37.9 Å². The summed E-state index contributed by atoms with van der Waals surface area (Å²) < 4.78 is 5.48. The van der Waals surface area contributed by atoms with Crippen LogP contribution in [0, 0.1) is 0 Å². The van der Waals surface area contributed by atoms with Crippen molar-refractivity contribution >= 4 is 11.6 Å². The number of amides is 1. The summed E-state index contributed by atoms with van der Waals surface area (Å²) in [6.45, 7) is 6.69. The van der Waals surface area contributed by atoms with E-state index in [0.717, 1.165) is 58.0 Å². The van der Waals surface area contributed by atoms with Gasteiger partial charge in [0.25, 0.3) is 0 Å². The summed E-state index contributed by atoms with van der Waals surface area (Å²) in [5.41, 5.74) is 1.03. The second-order valence-electron chi connectivity index (χ2n) is 7.07. The van der Waals surface area contributed by atoms with Crippen LogP contribution in [0.4, 0.5) is 5.69 Å². The molecule has 3 fully saturated rings. The standard InChI is InChI=1S/C19H27N3O2/c23-19-18(8-10-22(19)16-5-2-1-3-6-16)21-9-4-7-17(15-21)20-11-13-24-14-12-20/h1-3,5-6,17-18H,4,7-15H2/t17-,18+/m1/s1. The van der Waals surface area contributed by atoms with Crippen molar-refractivity contribution in [1.82, 2.24) is 9.80 Å². The summed E-state index contributed by atoms with van der Waals surface area (Å²) in [4.78, 5) is 19.9. The maximum atomic E-state index is 12.9. The Hall–Kier alpha value is -1.43. The van der Waals surface area contributed by atoms with Gasteiger partial charge in [-0.2, -0.15) is 0 Å². The fourth-order valence-electron chi connectivity index (χ4n) is 4.37. The van der Waals surface area contributed by atoms with E-state index >= 15 is 0 Å². The van der Waals surface area contributed by atoms with Crippen LogP contribution in [-0.2, 0) is 9.53 Å². The second-order valence-corrected chi connectivity index (χ2v) is 7.07. The highest BCUT2D eigenvalue weighted by Crippen LogP contribution is 2.27. The largest absolute Gasteiger partial charge is 0.379 e. The molecule has 3 saturated heterocycles. The molecule has 0 saturated carbocycles. The minimum Gasteiger partial charge on any atom is -0.379 e. The topological polar surface area (TPSA) is 36.0 Å². The number of carbonyl (C=O) groups excluding carboxylic acids is 1. The van der Waals surface area contributed by atoms with Crippen LogP contribution in [0.2, 0.25) is 0 Å². The molecule has 1 amide bonds. The molecule has 0 aromatic heterocycles. The third-order valence-electron chi connectivity index (χ3n) is 5.68. The number of ether oxygens (including phenoxy) is 1. The van der Waals surface area contributed by atoms with Crippen molar-refractivity contribution in [3.05, 3.63) is 30.3 Å². The second kappa shape index (κ2) is 7.21. The Kier molecular flexibility index (Phi) is 4.83. The van der Waals surface area contributed by atoms with Crippen molar-refractivity contribution < 1.29 is 9.53 Å². The lowest BCUT2D eigenvalue weighted by atomic mass is 10.0. The van der Waals surface area contributed by atoms with E-state index in [0.29, 0.717) is 6.04 Å². The van der Waals surface area contributed by atoms with E-state index in [9.17, 15) is 4.79 Å². The van der Waals surface area contributed by atoms with Crippen molar-refractivity contribution in [3.8, 4) is 0 Å². The van der Waals surface area contributed by atoms with Gasteiger partial charge >= 0.3 is 0 Å². The monoisotopic (exact) mass is 329 g/mol. The smallest absolute Gasteiger partial charge is 0.244 e. The Morgan fingerprint density at radius 1 is 0.917 bits per heavy atom. The normalized spacial score (nSPS) is 30.0. The lowest BCUT2D eigenvalue weighted by Crippen LogP contribution is -2.55.